The van der Waals surface area contributed by atoms with Crippen LogP contribution in [0.2, 0.25) is 0 Å². The molecule has 0 amide bonds. The van der Waals surface area contributed by atoms with Crippen molar-refractivity contribution in [1.29, 1.82) is 0 Å². The third-order valence-corrected chi connectivity index (χ3v) is 7.75. The van der Waals surface area contributed by atoms with Gasteiger partial charge in [-0.15, -0.1) is 0 Å². The zero-order valence-corrected chi connectivity index (χ0v) is 23.8. The second kappa shape index (κ2) is 11.8. The van der Waals surface area contributed by atoms with Crippen molar-refractivity contribution in [3.63, 3.8) is 0 Å². The standard InChI is InChI=1S/C36H26F6O2/c1-3-5-6-19-7-9-20(10-8-19)21-11-13-22(14-12-21)24-17-27-29(35(41)32(24)38)30-28(44-27)18-25(33(39)36(30)42)23-15-16-26(43-4-2)34(40)31(23)37/h7-18H,3-6H2,1-2H3. The van der Waals surface area contributed by atoms with Crippen LogP contribution in [0.25, 0.3) is 55.3 Å². The normalized spacial score (nSPS) is 11.5. The first kappa shape index (κ1) is 29.4. The van der Waals surface area contributed by atoms with Crippen molar-refractivity contribution >= 4 is 21.9 Å². The van der Waals surface area contributed by atoms with Crippen LogP contribution in [0.1, 0.15) is 32.3 Å². The average Bonchev–Trinajstić information content (AvgIpc) is 3.41. The number of aryl methyl sites for hydroxylation is 1. The fourth-order valence-electron chi connectivity index (χ4n) is 5.45. The molecular weight excluding hydrogens is 578 g/mol. The second-order valence-electron chi connectivity index (χ2n) is 10.5. The lowest BCUT2D eigenvalue weighted by Gasteiger charge is -2.10. The number of halogens is 6. The maximum atomic E-state index is 15.5. The topological polar surface area (TPSA) is 22.4 Å². The second-order valence-corrected chi connectivity index (χ2v) is 10.5. The molecule has 1 heterocycles. The fraction of sp³-hybridized carbons (Fsp3) is 0.167. The van der Waals surface area contributed by atoms with Crippen LogP contribution in [-0.4, -0.2) is 6.61 Å². The van der Waals surface area contributed by atoms with Crippen LogP contribution in [0.5, 0.6) is 5.75 Å². The van der Waals surface area contributed by atoms with Gasteiger partial charge in [0.1, 0.15) is 11.2 Å². The predicted molar refractivity (Wildman–Crippen MR) is 160 cm³/mol. The molecule has 0 aliphatic rings. The van der Waals surface area contributed by atoms with Gasteiger partial charge in [-0.05, 0) is 66.3 Å². The maximum Gasteiger partial charge on any atom is 0.201 e. The summed E-state index contributed by atoms with van der Waals surface area (Å²) < 4.78 is 102. The van der Waals surface area contributed by atoms with E-state index in [1.165, 1.54) is 11.6 Å². The number of hydrogen-bond acceptors (Lipinski definition) is 2. The minimum Gasteiger partial charge on any atom is -0.491 e. The van der Waals surface area contributed by atoms with Gasteiger partial charge < -0.3 is 9.15 Å². The molecule has 0 unspecified atom stereocenters. The van der Waals surface area contributed by atoms with Gasteiger partial charge in [-0.25, -0.2) is 22.0 Å². The van der Waals surface area contributed by atoms with Crippen molar-refractivity contribution in [2.75, 3.05) is 6.61 Å². The Bertz CT molecular complexity index is 2010. The highest BCUT2D eigenvalue weighted by Crippen LogP contribution is 2.42. The molecule has 1 aromatic heterocycles. The summed E-state index contributed by atoms with van der Waals surface area (Å²) in [5, 5.41) is -1.24. The highest BCUT2D eigenvalue weighted by atomic mass is 19.2. The largest absolute Gasteiger partial charge is 0.491 e. The molecule has 8 heteroatoms. The Hall–Kier alpha value is -4.72. The number of rotatable bonds is 8. The Morgan fingerprint density at radius 1 is 0.545 bits per heavy atom. The van der Waals surface area contributed by atoms with E-state index < -0.39 is 62.6 Å². The molecule has 0 saturated carbocycles. The summed E-state index contributed by atoms with van der Waals surface area (Å²) in [6, 6.07) is 19.3. The molecular formula is C36H26F6O2. The van der Waals surface area contributed by atoms with E-state index in [0.29, 0.717) is 5.56 Å². The van der Waals surface area contributed by atoms with E-state index in [-0.39, 0.29) is 23.3 Å². The molecule has 0 aliphatic heterocycles. The van der Waals surface area contributed by atoms with Gasteiger partial charge in [0.25, 0.3) is 0 Å². The maximum absolute atomic E-state index is 15.5. The lowest BCUT2D eigenvalue weighted by Crippen LogP contribution is -2.00. The monoisotopic (exact) mass is 604 g/mol. The third-order valence-electron chi connectivity index (χ3n) is 7.75. The molecule has 0 spiro atoms. The van der Waals surface area contributed by atoms with Gasteiger partial charge in [-0.3, -0.25) is 0 Å². The molecule has 224 valence electrons. The summed E-state index contributed by atoms with van der Waals surface area (Å²) >= 11 is 0. The molecule has 5 aromatic carbocycles. The van der Waals surface area contributed by atoms with Crippen molar-refractivity contribution in [2.45, 2.75) is 33.1 Å². The summed E-state index contributed by atoms with van der Waals surface area (Å²) in [7, 11) is 0. The van der Waals surface area contributed by atoms with Crippen molar-refractivity contribution in [1.82, 2.24) is 0 Å². The smallest absolute Gasteiger partial charge is 0.201 e. The number of unbranched alkanes of at least 4 members (excludes halogenated alkanes) is 1. The van der Waals surface area contributed by atoms with Gasteiger partial charge in [0.05, 0.1) is 17.4 Å². The van der Waals surface area contributed by atoms with Gasteiger partial charge in [-0.1, -0.05) is 61.9 Å². The van der Waals surface area contributed by atoms with E-state index >= 15 is 17.6 Å². The molecule has 0 atom stereocenters. The zero-order valence-electron chi connectivity index (χ0n) is 23.8. The van der Waals surface area contributed by atoms with Gasteiger partial charge in [0.2, 0.25) is 5.82 Å². The van der Waals surface area contributed by atoms with Crippen molar-refractivity contribution in [3.05, 3.63) is 113 Å². The fourth-order valence-corrected chi connectivity index (χ4v) is 5.45. The minimum atomic E-state index is -1.58. The van der Waals surface area contributed by atoms with Crippen molar-refractivity contribution in [3.8, 4) is 39.1 Å². The summed E-state index contributed by atoms with van der Waals surface area (Å²) in [4.78, 5) is 0. The van der Waals surface area contributed by atoms with Crippen LogP contribution >= 0.6 is 0 Å². The molecule has 0 N–H and O–H groups in total. The van der Waals surface area contributed by atoms with Crippen LogP contribution in [-0.2, 0) is 6.42 Å². The number of fused-ring (bicyclic) bond motifs is 3. The van der Waals surface area contributed by atoms with E-state index in [0.717, 1.165) is 48.6 Å². The first-order chi connectivity index (χ1) is 21.2. The van der Waals surface area contributed by atoms with E-state index in [1.807, 2.05) is 12.1 Å². The first-order valence-electron chi connectivity index (χ1n) is 14.3. The van der Waals surface area contributed by atoms with E-state index in [9.17, 15) is 8.78 Å². The van der Waals surface area contributed by atoms with E-state index in [2.05, 4.69) is 19.1 Å². The predicted octanol–water partition coefficient (Wildman–Crippen LogP) is 11.2. The SMILES string of the molecule is CCCCc1ccc(-c2ccc(-c3cc4oc5cc(-c6ccc(OCC)c(F)c6F)c(F)c(F)c5c4c(F)c3F)cc2)cc1. The van der Waals surface area contributed by atoms with E-state index in [4.69, 9.17) is 9.15 Å². The molecule has 0 aliphatic carbocycles. The zero-order chi connectivity index (χ0) is 31.1. The summed E-state index contributed by atoms with van der Waals surface area (Å²) in [5.74, 6) is -9.06. The van der Waals surface area contributed by atoms with Gasteiger partial charge in [-0.2, -0.15) is 4.39 Å². The molecule has 44 heavy (non-hydrogen) atoms. The van der Waals surface area contributed by atoms with Crippen molar-refractivity contribution in [2.24, 2.45) is 0 Å². The highest BCUT2D eigenvalue weighted by Gasteiger charge is 2.27. The van der Waals surface area contributed by atoms with Crippen LogP contribution in [0.3, 0.4) is 0 Å². The van der Waals surface area contributed by atoms with Crippen LogP contribution in [0, 0.1) is 34.9 Å². The Morgan fingerprint density at radius 3 is 1.66 bits per heavy atom. The summed E-state index contributed by atoms with van der Waals surface area (Å²) in [6.07, 6.45) is 3.22. The summed E-state index contributed by atoms with van der Waals surface area (Å²) in [5.41, 5.74) is 1.44. The lowest BCUT2D eigenvalue weighted by atomic mass is 9.97. The molecule has 0 fully saturated rings. The Labute approximate surface area is 249 Å². The highest BCUT2D eigenvalue weighted by molar-refractivity contribution is 6.08. The molecule has 6 aromatic rings. The Morgan fingerprint density at radius 2 is 1.07 bits per heavy atom. The molecule has 2 nitrogen and oxygen atoms in total. The van der Waals surface area contributed by atoms with Crippen LogP contribution in [0.4, 0.5) is 26.3 Å². The third kappa shape index (κ3) is 4.98. The van der Waals surface area contributed by atoms with Crippen LogP contribution < -0.4 is 4.74 Å². The molecule has 6 rings (SSSR count). The molecule has 0 bridgehead atoms. The van der Waals surface area contributed by atoms with Gasteiger partial charge in [0.15, 0.2) is 34.8 Å². The average molecular weight is 605 g/mol. The quantitative estimate of drug-likeness (QED) is 0.161. The summed E-state index contributed by atoms with van der Waals surface area (Å²) in [6.45, 7) is 3.78. The Balaban J connectivity index is 1.41. The number of furan rings is 1. The Kier molecular flexibility index (Phi) is 7.84. The number of hydrogen-bond donors (Lipinski definition) is 0. The van der Waals surface area contributed by atoms with Crippen molar-refractivity contribution < 1.29 is 35.5 Å². The molecule has 0 saturated heterocycles. The van der Waals surface area contributed by atoms with Crippen LogP contribution in [0.15, 0.2) is 77.2 Å². The lowest BCUT2D eigenvalue weighted by molar-refractivity contribution is 0.314. The van der Waals surface area contributed by atoms with Gasteiger partial charge in [0, 0.05) is 16.7 Å². The minimum absolute atomic E-state index is 0.0604. The molecule has 0 radical (unpaired) electrons. The van der Waals surface area contributed by atoms with E-state index in [1.54, 1.807) is 31.2 Å². The first-order valence-corrected chi connectivity index (χ1v) is 14.3. The van der Waals surface area contributed by atoms with Gasteiger partial charge >= 0.3 is 0 Å². The number of benzene rings is 5. The number of ether oxygens (including phenoxy) is 1.